The molecule has 0 aliphatic heterocycles. The van der Waals surface area contributed by atoms with Crippen LogP contribution in [0.25, 0.3) is 0 Å². The lowest BCUT2D eigenvalue weighted by Crippen LogP contribution is -2.12. The number of carbonyl (C=O) groups is 1. The number of nitrogens with one attached hydrogen (secondary N) is 1. The Bertz CT molecular complexity index is 357. The van der Waals surface area contributed by atoms with E-state index in [1.54, 1.807) is 18.2 Å². The van der Waals surface area contributed by atoms with Gasteiger partial charge in [0.25, 0.3) is 0 Å². The highest BCUT2D eigenvalue weighted by atomic mass is 79.9. The Morgan fingerprint density at radius 1 is 1.53 bits per heavy atom. The standard InChI is InChI=1S/C10H11BrClNO2/c11-8-6-7(12)3-4-9(8)13-10(15)2-1-5-14/h3-4,6,14H,1-2,5H2,(H,13,15). The number of halogens is 2. The van der Waals surface area contributed by atoms with Crippen LogP contribution >= 0.6 is 27.5 Å². The van der Waals surface area contributed by atoms with Crippen molar-refractivity contribution in [1.82, 2.24) is 0 Å². The second-order valence-electron chi connectivity index (χ2n) is 3.00. The second-order valence-corrected chi connectivity index (χ2v) is 4.29. The van der Waals surface area contributed by atoms with Crippen LogP contribution in [0.4, 0.5) is 5.69 Å². The van der Waals surface area contributed by atoms with E-state index < -0.39 is 0 Å². The lowest BCUT2D eigenvalue weighted by molar-refractivity contribution is -0.116. The van der Waals surface area contributed by atoms with Crippen LogP contribution < -0.4 is 5.32 Å². The molecule has 2 N–H and O–H groups in total. The molecule has 5 heteroatoms. The third kappa shape index (κ3) is 4.20. The summed E-state index contributed by atoms with van der Waals surface area (Å²) in [6, 6.07) is 5.14. The van der Waals surface area contributed by atoms with Crippen LogP contribution in [-0.4, -0.2) is 17.6 Å². The minimum absolute atomic E-state index is 0.0230. The zero-order valence-corrected chi connectivity index (χ0v) is 10.3. The molecule has 1 aromatic rings. The van der Waals surface area contributed by atoms with Gasteiger partial charge in [0.05, 0.1) is 5.69 Å². The topological polar surface area (TPSA) is 49.3 Å². The first kappa shape index (κ1) is 12.5. The Labute approximate surface area is 102 Å². The van der Waals surface area contributed by atoms with Crippen molar-refractivity contribution < 1.29 is 9.90 Å². The number of hydrogen-bond donors (Lipinski definition) is 2. The normalized spacial score (nSPS) is 10.1. The molecule has 0 spiro atoms. The molecule has 0 bridgehead atoms. The molecule has 0 aliphatic carbocycles. The zero-order valence-electron chi connectivity index (χ0n) is 7.96. The zero-order chi connectivity index (χ0) is 11.3. The number of aliphatic hydroxyl groups is 1. The summed E-state index contributed by atoms with van der Waals surface area (Å²) in [5.74, 6) is -0.118. The van der Waals surface area contributed by atoms with Crippen molar-refractivity contribution in [2.45, 2.75) is 12.8 Å². The van der Waals surface area contributed by atoms with E-state index in [1.165, 1.54) is 0 Å². The number of aliphatic hydroxyl groups excluding tert-OH is 1. The molecule has 0 saturated carbocycles. The largest absolute Gasteiger partial charge is 0.396 e. The van der Waals surface area contributed by atoms with E-state index in [1.807, 2.05) is 0 Å². The number of amides is 1. The Hall–Kier alpha value is -0.580. The van der Waals surface area contributed by atoms with Gasteiger partial charge < -0.3 is 10.4 Å². The predicted octanol–water partition coefficient (Wildman–Crippen LogP) is 2.81. The highest BCUT2D eigenvalue weighted by Crippen LogP contribution is 2.25. The monoisotopic (exact) mass is 291 g/mol. The minimum Gasteiger partial charge on any atom is -0.396 e. The van der Waals surface area contributed by atoms with E-state index in [0.717, 1.165) is 4.47 Å². The molecule has 0 aliphatic rings. The Kier molecular flexibility index (Phi) is 5.08. The van der Waals surface area contributed by atoms with Crippen LogP contribution in [0, 0.1) is 0 Å². The van der Waals surface area contributed by atoms with Crippen LogP contribution in [0.15, 0.2) is 22.7 Å². The van der Waals surface area contributed by atoms with E-state index in [2.05, 4.69) is 21.2 Å². The molecular formula is C10H11BrClNO2. The van der Waals surface area contributed by atoms with Gasteiger partial charge in [0.1, 0.15) is 0 Å². The van der Waals surface area contributed by atoms with E-state index in [9.17, 15) is 4.79 Å². The fraction of sp³-hybridized carbons (Fsp3) is 0.300. The van der Waals surface area contributed by atoms with Crippen LogP contribution in [0.3, 0.4) is 0 Å². The Morgan fingerprint density at radius 3 is 2.87 bits per heavy atom. The molecule has 82 valence electrons. The van der Waals surface area contributed by atoms with Crippen molar-refractivity contribution in [3.8, 4) is 0 Å². The summed E-state index contributed by atoms with van der Waals surface area (Å²) in [6.07, 6.45) is 0.780. The van der Waals surface area contributed by atoms with Gasteiger partial charge in [-0.15, -0.1) is 0 Å². The van der Waals surface area contributed by atoms with Gasteiger partial charge in [-0.1, -0.05) is 11.6 Å². The summed E-state index contributed by atoms with van der Waals surface area (Å²) < 4.78 is 0.743. The minimum atomic E-state index is -0.118. The predicted molar refractivity (Wildman–Crippen MR) is 64.1 cm³/mol. The van der Waals surface area contributed by atoms with Crippen molar-refractivity contribution in [1.29, 1.82) is 0 Å². The molecule has 0 aromatic heterocycles. The molecule has 1 amide bonds. The van der Waals surface area contributed by atoms with E-state index in [-0.39, 0.29) is 12.5 Å². The maximum Gasteiger partial charge on any atom is 0.224 e. The van der Waals surface area contributed by atoms with Crippen LogP contribution in [0.2, 0.25) is 5.02 Å². The van der Waals surface area contributed by atoms with E-state index in [4.69, 9.17) is 16.7 Å². The molecule has 0 radical (unpaired) electrons. The fourth-order valence-corrected chi connectivity index (χ4v) is 1.82. The van der Waals surface area contributed by atoms with Gasteiger partial charge >= 0.3 is 0 Å². The molecule has 1 rings (SSSR count). The molecule has 15 heavy (non-hydrogen) atoms. The molecule has 0 unspecified atom stereocenters. The van der Waals surface area contributed by atoms with Crippen LogP contribution in [0.1, 0.15) is 12.8 Å². The van der Waals surface area contributed by atoms with Crippen molar-refractivity contribution in [3.63, 3.8) is 0 Å². The third-order valence-electron chi connectivity index (χ3n) is 1.77. The fourth-order valence-electron chi connectivity index (χ4n) is 1.04. The lowest BCUT2D eigenvalue weighted by Gasteiger charge is -2.06. The average molecular weight is 293 g/mol. The maximum absolute atomic E-state index is 11.3. The summed E-state index contributed by atoms with van der Waals surface area (Å²) in [7, 11) is 0. The Balaban J connectivity index is 2.60. The lowest BCUT2D eigenvalue weighted by atomic mass is 10.3. The molecule has 1 aromatic carbocycles. The first-order valence-electron chi connectivity index (χ1n) is 4.49. The summed E-state index contributed by atoms with van der Waals surface area (Å²) in [4.78, 5) is 11.3. The quantitative estimate of drug-likeness (QED) is 0.896. The SMILES string of the molecule is O=C(CCCO)Nc1ccc(Cl)cc1Br. The first-order valence-corrected chi connectivity index (χ1v) is 5.66. The molecule has 3 nitrogen and oxygen atoms in total. The highest BCUT2D eigenvalue weighted by molar-refractivity contribution is 9.10. The number of carbonyl (C=O) groups excluding carboxylic acids is 1. The van der Waals surface area contributed by atoms with Crippen molar-refractivity contribution >= 4 is 39.1 Å². The summed E-state index contributed by atoms with van der Waals surface area (Å²) in [5, 5.41) is 11.9. The third-order valence-corrected chi connectivity index (χ3v) is 2.66. The summed E-state index contributed by atoms with van der Waals surface area (Å²) >= 11 is 9.06. The van der Waals surface area contributed by atoms with Gasteiger partial charge in [0.2, 0.25) is 5.91 Å². The number of rotatable bonds is 4. The van der Waals surface area contributed by atoms with Crippen molar-refractivity contribution in [2.24, 2.45) is 0 Å². The summed E-state index contributed by atoms with van der Waals surface area (Å²) in [5.41, 5.74) is 0.683. The highest BCUT2D eigenvalue weighted by Gasteiger charge is 2.05. The van der Waals surface area contributed by atoms with Crippen molar-refractivity contribution in [3.05, 3.63) is 27.7 Å². The molecule has 0 fully saturated rings. The first-order chi connectivity index (χ1) is 7.13. The molecule has 0 saturated heterocycles. The molecule has 0 atom stereocenters. The van der Waals surface area contributed by atoms with Crippen LogP contribution in [-0.2, 0) is 4.79 Å². The van der Waals surface area contributed by atoms with Gasteiger partial charge in [-0.2, -0.15) is 0 Å². The summed E-state index contributed by atoms with van der Waals surface area (Å²) in [6.45, 7) is 0.0230. The van der Waals surface area contributed by atoms with E-state index >= 15 is 0 Å². The van der Waals surface area contributed by atoms with Crippen LogP contribution in [0.5, 0.6) is 0 Å². The van der Waals surface area contributed by atoms with Gasteiger partial charge in [0.15, 0.2) is 0 Å². The number of anilines is 1. The molecule has 0 heterocycles. The number of hydrogen-bond acceptors (Lipinski definition) is 2. The molecular weight excluding hydrogens is 281 g/mol. The van der Waals surface area contributed by atoms with Gasteiger partial charge in [-0.25, -0.2) is 0 Å². The van der Waals surface area contributed by atoms with E-state index in [0.29, 0.717) is 23.6 Å². The van der Waals surface area contributed by atoms with Gasteiger partial charge in [-0.3, -0.25) is 4.79 Å². The second kappa shape index (κ2) is 6.10. The van der Waals surface area contributed by atoms with Gasteiger partial charge in [-0.05, 0) is 40.5 Å². The number of benzene rings is 1. The average Bonchev–Trinajstić information content (AvgIpc) is 2.19. The maximum atomic E-state index is 11.3. The van der Waals surface area contributed by atoms with Crippen molar-refractivity contribution in [2.75, 3.05) is 11.9 Å². The smallest absolute Gasteiger partial charge is 0.224 e. The Morgan fingerprint density at radius 2 is 2.27 bits per heavy atom. The van der Waals surface area contributed by atoms with Gasteiger partial charge in [0, 0.05) is 22.5 Å².